The van der Waals surface area contributed by atoms with Crippen LogP contribution in [0.25, 0.3) is 0 Å². The maximum atomic E-state index is 10.9. The SMILES string of the molecule is NC(=S)N[C@@H](Cc1ccccc1)C(=O)O. The summed E-state index contributed by atoms with van der Waals surface area (Å²) in [7, 11) is 0. The monoisotopic (exact) mass is 224 g/mol. The van der Waals surface area contributed by atoms with Gasteiger partial charge in [-0.05, 0) is 17.8 Å². The van der Waals surface area contributed by atoms with Gasteiger partial charge in [0.15, 0.2) is 5.11 Å². The number of nitrogens with two attached hydrogens (primary N) is 1. The van der Waals surface area contributed by atoms with Crippen LogP contribution in [0.3, 0.4) is 0 Å². The van der Waals surface area contributed by atoms with Crippen molar-refractivity contribution in [1.29, 1.82) is 0 Å². The Bertz CT molecular complexity index is 354. The van der Waals surface area contributed by atoms with Gasteiger partial charge < -0.3 is 16.2 Å². The topological polar surface area (TPSA) is 75.3 Å². The van der Waals surface area contributed by atoms with Crippen LogP contribution in [-0.4, -0.2) is 22.2 Å². The lowest BCUT2D eigenvalue weighted by atomic mass is 10.1. The first-order valence-corrected chi connectivity index (χ1v) is 4.83. The summed E-state index contributed by atoms with van der Waals surface area (Å²) in [6.07, 6.45) is 0.355. The van der Waals surface area contributed by atoms with E-state index in [-0.39, 0.29) is 5.11 Å². The highest BCUT2D eigenvalue weighted by Crippen LogP contribution is 2.03. The van der Waals surface area contributed by atoms with Crippen LogP contribution in [0.4, 0.5) is 0 Å². The summed E-state index contributed by atoms with van der Waals surface area (Å²) in [6.45, 7) is 0. The molecule has 0 unspecified atom stereocenters. The third-order valence-corrected chi connectivity index (χ3v) is 2.02. The smallest absolute Gasteiger partial charge is 0.326 e. The maximum Gasteiger partial charge on any atom is 0.326 e. The van der Waals surface area contributed by atoms with Crippen molar-refractivity contribution in [3.05, 3.63) is 35.9 Å². The van der Waals surface area contributed by atoms with Crippen molar-refractivity contribution in [2.45, 2.75) is 12.5 Å². The molecule has 0 fully saturated rings. The molecule has 0 radical (unpaired) electrons. The molecule has 0 saturated carbocycles. The van der Waals surface area contributed by atoms with Crippen molar-refractivity contribution in [2.24, 2.45) is 5.73 Å². The molecule has 1 aromatic rings. The second-order valence-corrected chi connectivity index (χ2v) is 3.53. The lowest BCUT2D eigenvalue weighted by Gasteiger charge is -2.13. The molecule has 0 heterocycles. The normalized spacial score (nSPS) is 11.7. The average molecular weight is 224 g/mol. The summed E-state index contributed by atoms with van der Waals surface area (Å²) in [4.78, 5) is 10.9. The van der Waals surface area contributed by atoms with Crippen LogP contribution in [0.5, 0.6) is 0 Å². The first kappa shape index (κ1) is 11.5. The number of thiocarbonyl (C=S) groups is 1. The molecule has 80 valence electrons. The van der Waals surface area contributed by atoms with Crippen molar-refractivity contribution in [1.82, 2.24) is 5.32 Å². The second kappa shape index (κ2) is 5.31. The number of aliphatic carboxylic acids is 1. The van der Waals surface area contributed by atoms with E-state index >= 15 is 0 Å². The van der Waals surface area contributed by atoms with Crippen LogP contribution in [0.2, 0.25) is 0 Å². The van der Waals surface area contributed by atoms with Gasteiger partial charge in [0, 0.05) is 6.42 Å². The van der Waals surface area contributed by atoms with Crippen molar-refractivity contribution in [3.8, 4) is 0 Å². The van der Waals surface area contributed by atoms with Crippen LogP contribution >= 0.6 is 12.2 Å². The molecule has 0 aromatic heterocycles. The minimum absolute atomic E-state index is 0.00155. The van der Waals surface area contributed by atoms with E-state index in [0.717, 1.165) is 5.56 Å². The summed E-state index contributed by atoms with van der Waals surface area (Å²) in [5.74, 6) is -0.966. The van der Waals surface area contributed by atoms with E-state index in [1.807, 2.05) is 30.3 Å². The second-order valence-electron chi connectivity index (χ2n) is 3.09. The Morgan fingerprint density at radius 2 is 2.07 bits per heavy atom. The highest BCUT2D eigenvalue weighted by molar-refractivity contribution is 7.80. The minimum atomic E-state index is -0.966. The molecule has 15 heavy (non-hydrogen) atoms. The Hall–Kier alpha value is -1.62. The van der Waals surface area contributed by atoms with Crippen LogP contribution in [0, 0.1) is 0 Å². The highest BCUT2D eigenvalue weighted by atomic mass is 32.1. The van der Waals surface area contributed by atoms with Crippen molar-refractivity contribution in [2.75, 3.05) is 0 Å². The maximum absolute atomic E-state index is 10.9. The zero-order chi connectivity index (χ0) is 11.3. The number of benzene rings is 1. The van der Waals surface area contributed by atoms with Gasteiger partial charge in [0.2, 0.25) is 0 Å². The molecule has 4 nitrogen and oxygen atoms in total. The van der Waals surface area contributed by atoms with Crippen LogP contribution < -0.4 is 11.1 Å². The largest absolute Gasteiger partial charge is 0.480 e. The predicted molar refractivity (Wildman–Crippen MR) is 61.5 cm³/mol. The Morgan fingerprint density at radius 3 is 2.53 bits per heavy atom. The predicted octanol–water partition coefficient (Wildman–Crippen LogP) is 0.515. The van der Waals surface area contributed by atoms with Gasteiger partial charge in [-0.1, -0.05) is 30.3 Å². The molecule has 0 spiro atoms. The first-order valence-electron chi connectivity index (χ1n) is 4.42. The lowest BCUT2D eigenvalue weighted by Crippen LogP contribution is -2.44. The fraction of sp³-hybridized carbons (Fsp3) is 0.200. The third kappa shape index (κ3) is 3.95. The number of carbonyl (C=O) groups is 1. The Morgan fingerprint density at radius 1 is 1.47 bits per heavy atom. The molecule has 1 rings (SSSR count). The van der Waals surface area contributed by atoms with Crippen molar-refractivity contribution in [3.63, 3.8) is 0 Å². The van der Waals surface area contributed by atoms with E-state index in [0.29, 0.717) is 6.42 Å². The number of rotatable bonds is 4. The molecule has 0 bridgehead atoms. The quantitative estimate of drug-likeness (QED) is 0.650. The molecule has 1 atom stereocenters. The molecule has 5 heteroatoms. The molecule has 0 aliphatic heterocycles. The van der Waals surface area contributed by atoms with Gasteiger partial charge in [-0.3, -0.25) is 0 Å². The number of carboxylic acid groups (broad SMARTS) is 1. The Labute approximate surface area is 93.1 Å². The molecular weight excluding hydrogens is 212 g/mol. The summed E-state index contributed by atoms with van der Waals surface area (Å²) >= 11 is 4.61. The summed E-state index contributed by atoms with van der Waals surface area (Å²) in [5.41, 5.74) is 6.17. The Kier molecular flexibility index (Phi) is 4.05. The molecule has 4 N–H and O–H groups in total. The molecule has 0 aliphatic rings. The van der Waals surface area contributed by atoms with Crippen molar-refractivity contribution < 1.29 is 9.90 Å². The van der Waals surface area contributed by atoms with E-state index < -0.39 is 12.0 Å². The minimum Gasteiger partial charge on any atom is -0.480 e. The van der Waals surface area contributed by atoms with Gasteiger partial charge in [0.05, 0.1) is 0 Å². The van der Waals surface area contributed by atoms with E-state index in [2.05, 4.69) is 17.5 Å². The summed E-state index contributed by atoms with van der Waals surface area (Å²) in [5, 5.41) is 11.4. The van der Waals surface area contributed by atoms with Gasteiger partial charge in [0.1, 0.15) is 6.04 Å². The van der Waals surface area contributed by atoms with Crippen LogP contribution in [0.1, 0.15) is 5.56 Å². The zero-order valence-corrected chi connectivity index (χ0v) is 8.83. The molecular formula is C10H12N2O2S. The lowest BCUT2D eigenvalue weighted by molar-refractivity contribution is -0.139. The average Bonchev–Trinajstić information content (AvgIpc) is 2.17. The van der Waals surface area contributed by atoms with Gasteiger partial charge in [-0.25, -0.2) is 4.79 Å². The summed E-state index contributed by atoms with van der Waals surface area (Å²) in [6, 6.07) is 8.53. The van der Waals surface area contributed by atoms with E-state index in [4.69, 9.17) is 10.8 Å². The molecule has 0 amide bonds. The number of nitrogens with one attached hydrogen (secondary N) is 1. The van der Waals surface area contributed by atoms with Gasteiger partial charge >= 0.3 is 5.97 Å². The Balaban J connectivity index is 2.67. The molecule has 0 saturated heterocycles. The van der Waals surface area contributed by atoms with Gasteiger partial charge in [-0.15, -0.1) is 0 Å². The van der Waals surface area contributed by atoms with Crippen LogP contribution in [-0.2, 0) is 11.2 Å². The van der Waals surface area contributed by atoms with Gasteiger partial charge in [0.25, 0.3) is 0 Å². The molecule has 0 aliphatic carbocycles. The van der Waals surface area contributed by atoms with Crippen LogP contribution in [0.15, 0.2) is 30.3 Å². The highest BCUT2D eigenvalue weighted by Gasteiger charge is 2.17. The first-order chi connectivity index (χ1) is 7.09. The zero-order valence-electron chi connectivity index (χ0n) is 8.01. The van der Waals surface area contributed by atoms with E-state index in [9.17, 15) is 4.79 Å². The molecule has 1 aromatic carbocycles. The number of carboxylic acids is 1. The number of hydrogen-bond acceptors (Lipinski definition) is 2. The van der Waals surface area contributed by atoms with Crippen molar-refractivity contribution >= 4 is 23.3 Å². The fourth-order valence-electron chi connectivity index (χ4n) is 1.22. The third-order valence-electron chi connectivity index (χ3n) is 1.90. The number of hydrogen-bond donors (Lipinski definition) is 3. The van der Waals surface area contributed by atoms with E-state index in [1.54, 1.807) is 0 Å². The summed E-state index contributed by atoms with van der Waals surface area (Å²) < 4.78 is 0. The van der Waals surface area contributed by atoms with E-state index in [1.165, 1.54) is 0 Å². The fourth-order valence-corrected chi connectivity index (χ4v) is 1.36. The standard InChI is InChI=1S/C10H12N2O2S/c11-10(15)12-8(9(13)14)6-7-4-2-1-3-5-7/h1-5,8H,6H2,(H,13,14)(H3,11,12,15)/t8-/m0/s1. The van der Waals surface area contributed by atoms with Gasteiger partial charge in [-0.2, -0.15) is 0 Å².